The lowest BCUT2D eigenvalue weighted by atomic mass is 9.95. The molecule has 0 unspecified atom stereocenters. The number of anilines is 2. The van der Waals surface area contributed by atoms with Crippen LogP contribution in [0.5, 0.6) is 0 Å². The molecule has 2 aromatic carbocycles. The zero-order chi connectivity index (χ0) is 19.5. The van der Waals surface area contributed by atoms with Crippen molar-refractivity contribution in [2.45, 2.75) is 17.7 Å². The fourth-order valence-corrected chi connectivity index (χ4v) is 4.49. The average molecular weight is 413 g/mol. The lowest BCUT2D eigenvalue weighted by Gasteiger charge is -2.28. The van der Waals surface area contributed by atoms with Gasteiger partial charge >= 0.3 is 22.8 Å². The Morgan fingerprint density at radius 1 is 1.18 bits per heavy atom. The Hall–Kier alpha value is -2.84. The van der Waals surface area contributed by atoms with Gasteiger partial charge in [0.25, 0.3) is 0 Å². The third-order valence-electron chi connectivity index (χ3n) is 4.88. The predicted molar refractivity (Wildman–Crippen MR) is 108 cm³/mol. The highest BCUT2D eigenvalue weighted by Crippen LogP contribution is 2.42. The second kappa shape index (κ2) is 6.08. The number of hydrogen-bond donors (Lipinski definition) is 3. The van der Waals surface area contributed by atoms with Crippen molar-refractivity contribution in [2.24, 2.45) is 0 Å². The molecule has 3 aromatic rings. The number of fused-ring (bicyclic) bond motifs is 6. The van der Waals surface area contributed by atoms with Crippen molar-refractivity contribution in [3.05, 3.63) is 63.4 Å². The first kappa shape index (κ1) is 17.3. The van der Waals surface area contributed by atoms with E-state index in [-0.39, 0.29) is 11.5 Å². The molecule has 0 fully saturated rings. The van der Waals surface area contributed by atoms with Crippen molar-refractivity contribution in [3.8, 4) is 11.3 Å². The maximum absolute atomic E-state index is 13.3. The average Bonchev–Trinajstić information content (AvgIpc) is 2.94. The van der Waals surface area contributed by atoms with Crippen LogP contribution in [0.25, 0.3) is 11.3 Å². The van der Waals surface area contributed by atoms with E-state index in [0.29, 0.717) is 38.4 Å². The molecule has 1 spiro atoms. The van der Waals surface area contributed by atoms with Crippen LogP contribution in [-0.2, 0) is 10.5 Å². The van der Waals surface area contributed by atoms with Crippen molar-refractivity contribution >= 4 is 40.6 Å². The van der Waals surface area contributed by atoms with Crippen LogP contribution in [0.2, 0.25) is 5.02 Å². The number of aromatic nitrogens is 3. The van der Waals surface area contributed by atoms with Gasteiger partial charge in [-0.15, -0.1) is 0 Å². The van der Waals surface area contributed by atoms with Crippen molar-refractivity contribution in [1.29, 1.82) is 0 Å². The maximum atomic E-state index is 13.3. The normalized spacial score (nSPS) is 18.9. The molecule has 3 N–H and O–H groups in total. The van der Waals surface area contributed by atoms with Gasteiger partial charge in [0.1, 0.15) is 0 Å². The summed E-state index contributed by atoms with van der Waals surface area (Å²) in [5.41, 5.74) is 1.22. The number of hydrogen-bond acceptors (Lipinski definition) is 5. The van der Waals surface area contributed by atoms with Gasteiger partial charge in [0, 0.05) is 10.1 Å². The number of carbonyl (C=O) groups excluding carboxylic acids is 1. The minimum Gasteiger partial charge on any atom is -0.317 e. The number of halogens is 1. The van der Waals surface area contributed by atoms with Crippen LogP contribution in [0.4, 0.5) is 11.4 Å². The molecule has 9 heteroatoms. The molecule has 3 heterocycles. The molecule has 5 rings (SSSR count). The Morgan fingerprint density at radius 2 is 2.00 bits per heavy atom. The number of rotatable bonds is 2. The van der Waals surface area contributed by atoms with Gasteiger partial charge in [-0.3, -0.25) is 14.6 Å². The molecule has 1 amide bonds. The molecule has 28 heavy (non-hydrogen) atoms. The van der Waals surface area contributed by atoms with Crippen LogP contribution in [-0.4, -0.2) is 21.7 Å². The van der Waals surface area contributed by atoms with E-state index >= 15 is 0 Å². The molecule has 140 valence electrons. The first-order valence-corrected chi connectivity index (χ1v) is 10.1. The van der Waals surface area contributed by atoms with Crippen molar-refractivity contribution in [3.63, 3.8) is 0 Å². The Balaban J connectivity index is 1.90. The van der Waals surface area contributed by atoms with E-state index in [4.69, 9.17) is 11.6 Å². The van der Waals surface area contributed by atoms with Gasteiger partial charge in [-0.25, -0.2) is 0 Å². The number of aromatic amines is 1. The maximum Gasteiger partial charge on any atom is 0.374 e. The molecular formula is C19H15ClN5O2S+. The number of amides is 1. The van der Waals surface area contributed by atoms with E-state index in [1.165, 1.54) is 16.4 Å². The van der Waals surface area contributed by atoms with Gasteiger partial charge in [-0.05, 0) is 40.8 Å². The number of nitrogens with one attached hydrogen (secondary N) is 3. The van der Waals surface area contributed by atoms with E-state index in [1.807, 2.05) is 31.2 Å². The van der Waals surface area contributed by atoms with Crippen LogP contribution in [0.15, 0.2) is 52.4 Å². The summed E-state index contributed by atoms with van der Waals surface area (Å²) in [7, 11) is 0. The van der Waals surface area contributed by atoms with Crippen molar-refractivity contribution in [2.75, 3.05) is 16.4 Å². The molecule has 2 aliphatic rings. The summed E-state index contributed by atoms with van der Waals surface area (Å²) in [4.78, 5) is 29.1. The zero-order valence-corrected chi connectivity index (χ0v) is 16.3. The van der Waals surface area contributed by atoms with Gasteiger partial charge in [0.15, 0.2) is 0 Å². The molecule has 1 aromatic heterocycles. The fraction of sp³-hybridized carbons (Fsp3) is 0.158. The summed E-state index contributed by atoms with van der Waals surface area (Å²) in [6.07, 6.45) is 0. The van der Waals surface area contributed by atoms with E-state index in [1.54, 1.807) is 18.2 Å². The van der Waals surface area contributed by atoms with Crippen LogP contribution >= 0.6 is 23.4 Å². The molecule has 7 nitrogen and oxygen atoms in total. The highest BCUT2D eigenvalue weighted by molar-refractivity contribution is 7.99. The molecule has 0 saturated carbocycles. The molecule has 0 radical (unpaired) electrons. The van der Waals surface area contributed by atoms with Crippen LogP contribution in [0.3, 0.4) is 0 Å². The minimum atomic E-state index is -1.40. The zero-order valence-electron chi connectivity index (χ0n) is 14.7. The Kier molecular flexibility index (Phi) is 3.75. The summed E-state index contributed by atoms with van der Waals surface area (Å²) < 4.78 is 1.49. The molecule has 0 aliphatic carbocycles. The molecule has 0 saturated heterocycles. The quantitative estimate of drug-likeness (QED) is 0.444. The van der Waals surface area contributed by atoms with Gasteiger partial charge in [0.05, 0.1) is 22.5 Å². The smallest absolute Gasteiger partial charge is 0.317 e. The Bertz CT molecular complexity index is 1210. The van der Waals surface area contributed by atoms with Gasteiger partial charge in [0.2, 0.25) is 5.16 Å². The van der Waals surface area contributed by atoms with Crippen LogP contribution in [0.1, 0.15) is 12.5 Å². The topological polar surface area (TPSA) is 90.8 Å². The largest absolute Gasteiger partial charge is 0.374 e. The minimum absolute atomic E-state index is 0.303. The fourth-order valence-electron chi connectivity index (χ4n) is 3.74. The number of para-hydroxylation sites is 1. The van der Waals surface area contributed by atoms with E-state index < -0.39 is 5.66 Å². The van der Waals surface area contributed by atoms with Crippen molar-refractivity contribution in [1.82, 2.24) is 10.1 Å². The monoisotopic (exact) mass is 412 g/mol. The molecule has 0 bridgehead atoms. The number of thioether (sulfide) groups is 1. The summed E-state index contributed by atoms with van der Waals surface area (Å²) in [6, 6.07) is 12.6. The number of H-pyrrole nitrogens is 1. The van der Waals surface area contributed by atoms with Gasteiger partial charge in [-0.1, -0.05) is 42.4 Å². The third-order valence-corrected chi connectivity index (χ3v) is 5.86. The van der Waals surface area contributed by atoms with E-state index in [9.17, 15) is 9.59 Å². The SMILES string of the molecule is CCSc1n[n+]2c(c(=O)[nH]1)-c1ccccc1N[C@]21C(=O)Nc2ccc(Cl)cc21. The second-order valence-corrected chi connectivity index (χ2v) is 8.17. The predicted octanol–water partition coefficient (Wildman–Crippen LogP) is 2.57. The number of nitrogens with zero attached hydrogens (tertiary/aromatic N) is 2. The van der Waals surface area contributed by atoms with Gasteiger partial charge in [-0.2, -0.15) is 0 Å². The third kappa shape index (κ3) is 2.25. The Morgan fingerprint density at radius 3 is 2.82 bits per heavy atom. The Labute approximate surface area is 169 Å². The summed E-state index contributed by atoms with van der Waals surface area (Å²) >= 11 is 7.64. The highest BCUT2D eigenvalue weighted by atomic mass is 35.5. The van der Waals surface area contributed by atoms with Crippen LogP contribution < -0.4 is 20.9 Å². The molecule has 1 atom stereocenters. The van der Waals surface area contributed by atoms with Gasteiger partial charge < -0.3 is 10.6 Å². The highest BCUT2D eigenvalue weighted by Gasteiger charge is 2.62. The standard InChI is InChI=1S/C19H14ClN5O2S/c1-2-28-18-22-16(26)15-11-5-3-4-6-13(11)23-19(25(15)24-18)12-9-10(20)7-8-14(12)21-17(19)27/h3-9H,2H2,1H3,(H2,21,22,24,26,27)/p+1/t19-/m0/s1. The number of benzene rings is 2. The summed E-state index contributed by atoms with van der Waals surface area (Å²) in [5, 5.41) is 11.8. The lowest BCUT2D eigenvalue weighted by molar-refractivity contribution is -0.781. The van der Waals surface area contributed by atoms with E-state index in [0.717, 1.165) is 5.75 Å². The second-order valence-electron chi connectivity index (χ2n) is 6.48. The summed E-state index contributed by atoms with van der Waals surface area (Å²) in [5.74, 6) is 0.407. The summed E-state index contributed by atoms with van der Waals surface area (Å²) in [6.45, 7) is 1.97. The first-order chi connectivity index (χ1) is 13.5. The van der Waals surface area contributed by atoms with Crippen LogP contribution in [0, 0.1) is 0 Å². The lowest BCUT2D eigenvalue weighted by Crippen LogP contribution is -2.71. The number of carbonyl (C=O) groups is 1. The molecule has 2 aliphatic heterocycles. The molecular weight excluding hydrogens is 398 g/mol. The van der Waals surface area contributed by atoms with E-state index in [2.05, 4.69) is 20.7 Å². The van der Waals surface area contributed by atoms with Crippen molar-refractivity contribution < 1.29 is 9.48 Å². The first-order valence-electron chi connectivity index (χ1n) is 8.73.